The quantitative estimate of drug-likeness (QED) is 0.860. The Morgan fingerprint density at radius 2 is 1.75 bits per heavy atom. The van der Waals surface area contributed by atoms with Crippen molar-refractivity contribution in [1.82, 2.24) is 9.97 Å². The van der Waals surface area contributed by atoms with Crippen molar-refractivity contribution in [2.45, 2.75) is 40.0 Å². The van der Waals surface area contributed by atoms with E-state index in [9.17, 15) is 4.39 Å². The Morgan fingerprint density at radius 1 is 1.10 bits per heavy atom. The predicted molar refractivity (Wildman–Crippen MR) is 80.0 cm³/mol. The van der Waals surface area contributed by atoms with Gasteiger partial charge in [-0.25, -0.2) is 14.4 Å². The molecular formula is C16H20FN3. The predicted octanol–water partition coefficient (Wildman–Crippen LogP) is 3.78. The van der Waals surface area contributed by atoms with Gasteiger partial charge in [0.15, 0.2) is 0 Å². The van der Waals surface area contributed by atoms with Gasteiger partial charge < -0.3 is 5.73 Å². The minimum Gasteiger partial charge on any atom is -0.383 e. The van der Waals surface area contributed by atoms with Crippen LogP contribution in [0, 0.1) is 19.7 Å². The van der Waals surface area contributed by atoms with Crippen molar-refractivity contribution in [2.24, 2.45) is 0 Å². The molecule has 1 aromatic carbocycles. The SMILES string of the molecule is Cc1cc(-c2nc(C(C)(C)C)nc(N)c2C)ccc1F. The number of halogens is 1. The molecule has 0 spiro atoms. The topological polar surface area (TPSA) is 51.8 Å². The fourth-order valence-electron chi connectivity index (χ4n) is 1.94. The summed E-state index contributed by atoms with van der Waals surface area (Å²) in [5.74, 6) is 0.948. The average molecular weight is 273 g/mol. The largest absolute Gasteiger partial charge is 0.383 e. The highest BCUT2D eigenvalue weighted by atomic mass is 19.1. The van der Waals surface area contributed by atoms with Gasteiger partial charge in [-0.05, 0) is 37.6 Å². The third kappa shape index (κ3) is 2.64. The van der Waals surface area contributed by atoms with Gasteiger partial charge >= 0.3 is 0 Å². The highest BCUT2D eigenvalue weighted by Gasteiger charge is 2.21. The van der Waals surface area contributed by atoms with Gasteiger partial charge in [0, 0.05) is 16.5 Å². The monoisotopic (exact) mass is 273 g/mol. The minimum atomic E-state index is -0.218. The molecule has 0 aliphatic heterocycles. The first-order valence-corrected chi connectivity index (χ1v) is 6.61. The van der Waals surface area contributed by atoms with E-state index in [1.165, 1.54) is 6.07 Å². The molecule has 106 valence electrons. The van der Waals surface area contributed by atoms with Crippen molar-refractivity contribution < 1.29 is 4.39 Å². The molecule has 0 atom stereocenters. The van der Waals surface area contributed by atoms with Crippen LogP contribution >= 0.6 is 0 Å². The van der Waals surface area contributed by atoms with E-state index >= 15 is 0 Å². The van der Waals surface area contributed by atoms with Gasteiger partial charge in [0.25, 0.3) is 0 Å². The molecule has 20 heavy (non-hydrogen) atoms. The number of nitrogens with two attached hydrogens (primary N) is 1. The Labute approximate surface area is 119 Å². The summed E-state index contributed by atoms with van der Waals surface area (Å²) in [7, 11) is 0. The van der Waals surface area contributed by atoms with Crippen LogP contribution in [0.3, 0.4) is 0 Å². The van der Waals surface area contributed by atoms with Crippen LogP contribution in [0.5, 0.6) is 0 Å². The number of aromatic nitrogens is 2. The second-order valence-electron chi connectivity index (χ2n) is 6.12. The molecule has 0 radical (unpaired) electrons. The summed E-state index contributed by atoms with van der Waals surface area (Å²) >= 11 is 0. The fourth-order valence-corrected chi connectivity index (χ4v) is 1.94. The zero-order valence-corrected chi connectivity index (χ0v) is 12.6. The third-order valence-corrected chi connectivity index (χ3v) is 3.29. The average Bonchev–Trinajstić information content (AvgIpc) is 2.34. The van der Waals surface area contributed by atoms with Crippen LogP contribution in [0.15, 0.2) is 18.2 Å². The molecule has 0 aliphatic rings. The molecule has 0 unspecified atom stereocenters. The highest BCUT2D eigenvalue weighted by Crippen LogP contribution is 2.29. The minimum absolute atomic E-state index is 0.189. The molecule has 0 saturated carbocycles. The lowest BCUT2D eigenvalue weighted by atomic mass is 9.94. The molecule has 0 fully saturated rings. The van der Waals surface area contributed by atoms with Gasteiger partial charge in [-0.1, -0.05) is 20.8 Å². The Kier molecular flexibility index (Phi) is 3.50. The molecule has 2 N–H and O–H groups in total. The summed E-state index contributed by atoms with van der Waals surface area (Å²) in [6, 6.07) is 4.97. The fraction of sp³-hybridized carbons (Fsp3) is 0.375. The first-order valence-electron chi connectivity index (χ1n) is 6.61. The molecule has 1 heterocycles. The number of nitrogens with zero attached hydrogens (tertiary/aromatic N) is 2. The van der Waals surface area contributed by atoms with E-state index in [0.717, 1.165) is 16.8 Å². The van der Waals surface area contributed by atoms with Gasteiger partial charge in [0.1, 0.15) is 17.5 Å². The number of hydrogen-bond acceptors (Lipinski definition) is 3. The first kappa shape index (κ1) is 14.4. The summed E-state index contributed by atoms with van der Waals surface area (Å²) in [6.45, 7) is 9.74. The molecule has 0 bridgehead atoms. The maximum atomic E-state index is 13.4. The first-order chi connectivity index (χ1) is 9.20. The Morgan fingerprint density at radius 3 is 2.30 bits per heavy atom. The number of rotatable bonds is 1. The Balaban J connectivity index is 2.66. The van der Waals surface area contributed by atoms with Crippen molar-refractivity contribution in [3.8, 4) is 11.3 Å². The lowest BCUT2D eigenvalue weighted by Crippen LogP contribution is -2.18. The summed E-state index contributed by atoms with van der Waals surface area (Å²) in [5, 5.41) is 0. The van der Waals surface area contributed by atoms with E-state index in [2.05, 4.69) is 9.97 Å². The lowest BCUT2D eigenvalue weighted by molar-refractivity contribution is 0.546. The van der Waals surface area contributed by atoms with Crippen LogP contribution in [0.1, 0.15) is 37.7 Å². The van der Waals surface area contributed by atoms with E-state index in [1.54, 1.807) is 19.1 Å². The van der Waals surface area contributed by atoms with Crippen LogP contribution in [0.25, 0.3) is 11.3 Å². The van der Waals surface area contributed by atoms with Crippen molar-refractivity contribution in [3.05, 3.63) is 41.0 Å². The molecule has 2 rings (SSSR count). The van der Waals surface area contributed by atoms with E-state index in [4.69, 9.17) is 5.73 Å². The third-order valence-electron chi connectivity index (χ3n) is 3.29. The van der Waals surface area contributed by atoms with E-state index in [1.807, 2.05) is 27.7 Å². The van der Waals surface area contributed by atoms with Crippen LogP contribution in [0.2, 0.25) is 0 Å². The molecule has 3 nitrogen and oxygen atoms in total. The van der Waals surface area contributed by atoms with E-state index in [-0.39, 0.29) is 11.2 Å². The number of anilines is 1. The molecule has 0 aliphatic carbocycles. The summed E-state index contributed by atoms with van der Waals surface area (Å²) < 4.78 is 13.4. The highest BCUT2D eigenvalue weighted by molar-refractivity contribution is 5.68. The van der Waals surface area contributed by atoms with Crippen molar-refractivity contribution in [3.63, 3.8) is 0 Å². The van der Waals surface area contributed by atoms with Crippen LogP contribution in [-0.4, -0.2) is 9.97 Å². The van der Waals surface area contributed by atoms with Crippen LogP contribution < -0.4 is 5.73 Å². The molecule has 4 heteroatoms. The van der Waals surface area contributed by atoms with Crippen LogP contribution in [-0.2, 0) is 5.41 Å². The maximum absolute atomic E-state index is 13.4. The standard InChI is InChI=1S/C16H20FN3/c1-9-8-11(6-7-12(9)17)13-10(2)14(18)20-15(19-13)16(3,4)5/h6-8H,1-5H3,(H2,18,19,20). The van der Waals surface area contributed by atoms with Gasteiger partial charge in [-0.2, -0.15) is 0 Å². The molecule has 1 aromatic heterocycles. The normalized spacial score (nSPS) is 11.7. The lowest BCUT2D eigenvalue weighted by Gasteiger charge is -2.19. The number of nitrogen functional groups attached to an aromatic ring is 1. The smallest absolute Gasteiger partial charge is 0.136 e. The summed E-state index contributed by atoms with van der Waals surface area (Å²) in [6.07, 6.45) is 0. The van der Waals surface area contributed by atoms with Gasteiger partial charge in [-0.3, -0.25) is 0 Å². The number of benzene rings is 1. The molecule has 0 amide bonds. The zero-order chi connectivity index (χ0) is 15.1. The number of hydrogen-bond donors (Lipinski definition) is 1. The zero-order valence-electron chi connectivity index (χ0n) is 12.6. The van der Waals surface area contributed by atoms with E-state index in [0.29, 0.717) is 17.2 Å². The molecular weight excluding hydrogens is 253 g/mol. The number of aryl methyl sites for hydroxylation is 1. The second kappa shape index (κ2) is 4.85. The Hall–Kier alpha value is -1.97. The Bertz CT molecular complexity index is 658. The van der Waals surface area contributed by atoms with Crippen molar-refractivity contribution >= 4 is 5.82 Å². The maximum Gasteiger partial charge on any atom is 0.136 e. The van der Waals surface area contributed by atoms with E-state index < -0.39 is 0 Å². The summed E-state index contributed by atoms with van der Waals surface area (Å²) in [4.78, 5) is 8.99. The molecule has 2 aromatic rings. The molecule has 0 saturated heterocycles. The van der Waals surface area contributed by atoms with Crippen LogP contribution in [0.4, 0.5) is 10.2 Å². The van der Waals surface area contributed by atoms with Gasteiger partial charge in [0.2, 0.25) is 0 Å². The van der Waals surface area contributed by atoms with Crippen molar-refractivity contribution in [2.75, 3.05) is 5.73 Å². The second-order valence-corrected chi connectivity index (χ2v) is 6.12. The summed E-state index contributed by atoms with van der Waals surface area (Å²) in [5.41, 5.74) is 8.86. The van der Waals surface area contributed by atoms with Gasteiger partial charge in [0.05, 0.1) is 5.69 Å². The van der Waals surface area contributed by atoms with Crippen molar-refractivity contribution in [1.29, 1.82) is 0 Å². The van der Waals surface area contributed by atoms with Gasteiger partial charge in [-0.15, -0.1) is 0 Å².